The van der Waals surface area contributed by atoms with Gasteiger partial charge in [0.1, 0.15) is 0 Å². The summed E-state index contributed by atoms with van der Waals surface area (Å²) in [4.78, 5) is 18.3. The number of ether oxygens (including phenoxy) is 2. The molecule has 2 atom stereocenters. The van der Waals surface area contributed by atoms with Crippen LogP contribution in [0.2, 0.25) is 0 Å². The Labute approximate surface area is 135 Å². The molecule has 2 fully saturated rings. The van der Waals surface area contributed by atoms with E-state index in [1.165, 1.54) is 6.20 Å². The van der Waals surface area contributed by atoms with Gasteiger partial charge in [0.2, 0.25) is 11.8 Å². The van der Waals surface area contributed by atoms with Gasteiger partial charge in [-0.1, -0.05) is 0 Å². The van der Waals surface area contributed by atoms with Crippen LogP contribution in [-0.4, -0.2) is 50.8 Å². The highest BCUT2D eigenvalue weighted by Crippen LogP contribution is 2.44. The first-order valence-electron chi connectivity index (χ1n) is 7.94. The summed E-state index contributed by atoms with van der Waals surface area (Å²) in [6.07, 6.45) is 1.82. The van der Waals surface area contributed by atoms with Crippen molar-refractivity contribution < 1.29 is 18.7 Å². The number of aromatic nitrogens is 1. The Hall–Kier alpha value is -1.89. The van der Waals surface area contributed by atoms with Gasteiger partial charge >= 0.3 is 0 Å². The molecule has 0 aromatic carbocycles. The quantitative estimate of drug-likeness (QED) is 0.902. The van der Waals surface area contributed by atoms with Crippen molar-refractivity contribution in [3.05, 3.63) is 18.1 Å². The Kier molecular flexibility index (Phi) is 4.39. The monoisotopic (exact) mass is 323 g/mol. The number of fused-ring (bicyclic) bond motifs is 1. The highest BCUT2D eigenvalue weighted by atomic mass is 19.1. The predicted octanol–water partition coefficient (Wildman–Crippen LogP) is 1.21. The number of hydrogen-bond acceptors (Lipinski definition) is 5. The van der Waals surface area contributed by atoms with Crippen LogP contribution in [0.5, 0.6) is 5.88 Å². The summed E-state index contributed by atoms with van der Waals surface area (Å²) >= 11 is 0. The molecular weight excluding hydrogens is 301 g/mol. The minimum Gasteiger partial charge on any atom is -0.478 e. The number of pyridine rings is 1. The molecule has 126 valence electrons. The zero-order chi connectivity index (χ0) is 16.4. The summed E-state index contributed by atoms with van der Waals surface area (Å²) in [6.45, 7) is 4.46. The minimum atomic E-state index is -0.519. The molecule has 0 spiro atoms. The topological polar surface area (TPSA) is 63.7 Å². The van der Waals surface area contributed by atoms with Crippen LogP contribution in [0.3, 0.4) is 0 Å². The molecule has 0 unspecified atom stereocenters. The lowest BCUT2D eigenvalue weighted by Gasteiger charge is -2.36. The van der Waals surface area contributed by atoms with Gasteiger partial charge in [-0.15, -0.1) is 0 Å². The van der Waals surface area contributed by atoms with Gasteiger partial charge in [-0.3, -0.25) is 4.79 Å². The highest BCUT2D eigenvalue weighted by molar-refractivity contribution is 5.84. The molecule has 1 aromatic heterocycles. The van der Waals surface area contributed by atoms with Crippen LogP contribution in [0.25, 0.3) is 0 Å². The Morgan fingerprint density at radius 1 is 1.65 bits per heavy atom. The van der Waals surface area contributed by atoms with E-state index in [1.54, 1.807) is 13.1 Å². The van der Waals surface area contributed by atoms with Crippen molar-refractivity contribution in [1.29, 1.82) is 0 Å². The number of carbonyl (C=O) groups is 1. The Bertz CT molecular complexity index is 598. The first kappa shape index (κ1) is 16.0. The smallest absolute Gasteiger partial charge is 0.228 e. The second-order valence-electron chi connectivity index (χ2n) is 6.04. The van der Waals surface area contributed by atoms with Crippen molar-refractivity contribution in [1.82, 2.24) is 10.3 Å². The van der Waals surface area contributed by atoms with Gasteiger partial charge in [0.05, 0.1) is 30.5 Å². The number of carbonyl (C=O) groups excluding carboxylic acids is 1. The zero-order valence-corrected chi connectivity index (χ0v) is 13.5. The van der Waals surface area contributed by atoms with Crippen LogP contribution in [0, 0.1) is 17.2 Å². The molecule has 0 radical (unpaired) electrons. The van der Waals surface area contributed by atoms with Crippen molar-refractivity contribution in [2.24, 2.45) is 11.3 Å². The van der Waals surface area contributed by atoms with Crippen LogP contribution in [0.4, 0.5) is 10.1 Å². The average molecular weight is 323 g/mol. The SMILES string of the molecule is CCOc1cc(N2C[C@@H]3COCC[C@]3(C(=O)NC)C2)c(F)cn1. The number of amides is 1. The molecule has 1 amide bonds. The van der Waals surface area contributed by atoms with Crippen LogP contribution in [0.15, 0.2) is 12.3 Å². The Morgan fingerprint density at radius 2 is 2.48 bits per heavy atom. The summed E-state index contributed by atoms with van der Waals surface area (Å²) in [5.74, 6) is 0.0520. The molecular formula is C16H22FN3O3. The van der Waals surface area contributed by atoms with Crippen LogP contribution in [0.1, 0.15) is 13.3 Å². The third-order valence-electron chi connectivity index (χ3n) is 4.83. The molecule has 2 saturated heterocycles. The van der Waals surface area contributed by atoms with E-state index in [-0.39, 0.29) is 11.8 Å². The van der Waals surface area contributed by atoms with Gasteiger partial charge in [-0.05, 0) is 13.3 Å². The van der Waals surface area contributed by atoms with Crippen molar-refractivity contribution in [2.75, 3.05) is 44.9 Å². The van der Waals surface area contributed by atoms with E-state index in [4.69, 9.17) is 9.47 Å². The third kappa shape index (κ3) is 2.73. The van der Waals surface area contributed by atoms with Gasteiger partial charge in [0, 0.05) is 38.7 Å². The maximum Gasteiger partial charge on any atom is 0.228 e. The lowest BCUT2D eigenvalue weighted by Crippen LogP contribution is -2.49. The van der Waals surface area contributed by atoms with Crippen molar-refractivity contribution in [3.8, 4) is 5.88 Å². The Balaban J connectivity index is 1.91. The normalized spacial score (nSPS) is 26.7. The molecule has 0 saturated carbocycles. The lowest BCUT2D eigenvalue weighted by atomic mass is 9.73. The van der Waals surface area contributed by atoms with Crippen LogP contribution < -0.4 is 15.0 Å². The predicted molar refractivity (Wildman–Crippen MR) is 83.0 cm³/mol. The van der Waals surface area contributed by atoms with E-state index in [2.05, 4.69) is 10.3 Å². The maximum atomic E-state index is 14.3. The Morgan fingerprint density at radius 3 is 3.22 bits per heavy atom. The summed E-state index contributed by atoms with van der Waals surface area (Å²) in [6, 6.07) is 1.61. The maximum absolute atomic E-state index is 14.3. The standard InChI is InChI=1S/C16H22FN3O3/c1-3-23-14-6-13(12(17)7-19-14)20-8-11-9-22-5-4-16(11,10-20)15(21)18-2/h6-7,11H,3-5,8-10H2,1-2H3,(H,18,21)/t11-,16+/m1/s1. The minimum absolute atomic E-state index is 0.00722. The molecule has 0 aliphatic carbocycles. The lowest BCUT2D eigenvalue weighted by molar-refractivity contribution is -0.138. The fourth-order valence-electron chi connectivity index (χ4n) is 3.63. The first-order valence-corrected chi connectivity index (χ1v) is 7.94. The van der Waals surface area contributed by atoms with E-state index >= 15 is 0 Å². The van der Waals surface area contributed by atoms with E-state index < -0.39 is 11.2 Å². The summed E-state index contributed by atoms with van der Waals surface area (Å²) in [5.41, 5.74) is -0.0878. The van der Waals surface area contributed by atoms with E-state index in [9.17, 15) is 9.18 Å². The molecule has 23 heavy (non-hydrogen) atoms. The summed E-state index contributed by atoms with van der Waals surface area (Å²) < 4.78 is 25.2. The molecule has 7 heteroatoms. The largest absolute Gasteiger partial charge is 0.478 e. The zero-order valence-electron chi connectivity index (χ0n) is 13.5. The van der Waals surface area contributed by atoms with Gasteiger partial charge in [0.15, 0.2) is 5.82 Å². The molecule has 6 nitrogen and oxygen atoms in total. The molecule has 3 rings (SSSR count). The average Bonchev–Trinajstić information content (AvgIpc) is 2.96. The first-order chi connectivity index (χ1) is 11.1. The molecule has 1 aromatic rings. The second kappa shape index (κ2) is 6.31. The van der Waals surface area contributed by atoms with Crippen molar-refractivity contribution >= 4 is 11.6 Å². The second-order valence-corrected chi connectivity index (χ2v) is 6.04. The van der Waals surface area contributed by atoms with Crippen LogP contribution in [-0.2, 0) is 9.53 Å². The van der Waals surface area contributed by atoms with Gasteiger partial charge in [-0.25, -0.2) is 9.37 Å². The molecule has 0 bridgehead atoms. The number of hydrogen-bond donors (Lipinski definition) is 1. The fraction of sp³-hybridized carbons (Fsp3) is 0.625. The molecule has 2 aliphatic rings. The van der Waals surface area contributed by atoms with Crippen molar-refractivity contribution in [3.63, 3.8) is 0 Å². The number of anilines is 1. The molecule has 2 aliphatic heterocycles. The van der Waals surface area contributed by atoms with Crippen molar-refractivity contribution in [2.45, 2.75) is 13.3 Å². The van der Waals surface area contributed by atoms with E-state index in [1.807, 2.05) is 11.8 Å². The summed E-state index contributed by atoms with van der Waals surface area (Å²) in [5, 5.41) is 2.76. The van der Waals surface area contributed by atoms with Gasteiger partial charge < -0.3 is 19.7 Å². The molecule has 1 N–H and O–H groups in total. The fourth-order valence-corrected chi connectivity index (χ4v) is 3.63. The summed E-state index contributed by atoms with van der Waals surface area (Å²) in [7, 11) is 1.65. The van der Waals surface area contributed by atoms with Gasteiger partial charge in [-0.2, -0.15) is 0 Å². The highest BCUT2D eigenvalue weighted by Gasteiger charge is 2.53. The number of halogens is 1. The number of rotatable bonds is 4. The van der Waals surface area contributed by atoms with E-state index in [0.29, 0.717) is 50.9 Å². The van der Waals surface area contributed by atoms with Gasteiger partial charge in [0.25, 0.3) is 0 Å². The van der Waals surface area contributed by atoms with Crippen LogP contribution >= 0.6 is 0 Å². The third-order valence-corrected chi connectivity index (χ3v) is 4.83. The number of nitrogens with one attached hydrogen (secondary N) is 1. The van der Waals surface area contributed by atoms with E-state index in [0.717, 1.165) is 0 Å². The molecule has 3 heterocycles. The number of nitrogens with zero attached hydrogens (tertiary/aromatic N) is 2.